The number of aryl methyl sites for hydroxylation is 1. The Balaban J connectivity index is 1.29. The van der Waals surface area contributed by atoms with Crippen molar-refractivity contribution in [3.8, 4) is 11.1 Å². The molecule has 2 aromatic heterocycles. The zero-order chi connectivity index (χ0) is 22.3. The van der Waals surface area contributed by atoms with Crippen LogP contribution in [0.25, 0.3) is 21.3 Å². The number of carbonyl (C=O) groups is 1. The van der Waals surface area contributed by atoms with Crippen molar-refractivity contribution in [3.05, 3.63) is 36.2 Å². The van der Waals surface area contributed by atoms with Crippen LogP contribution in [0.5, 0.6) is 0 Å². The van der Waals surface area contributed by atoms with Gasteiger partial charge < -0.3 is 15.2 Å². The summed E-state index contributed by atoms with van der Waals surface area (Å²) in [5, 5.41) is 16.0. The molecule has 1 atom stereocenters. The normalized spacial score (nSPS) is 18.5. The second-order valence-corrected chi connectivity index (χ2v) is 10.1. The van der Waals surface area contributed by atoms with Crippen molar-refractivity contribution >= 4 is 38.5 Å². The number of hydrogen-bond acceptors (Lipinski definition) is 7. The number of aliphatic hydroxyl groups is 1. The third kappa shape index (κ3) is 4.56. The fourth-order valence-electron chi connectivity index (χ4n) is 4.45. The van der Waals surface area contributed by atoms with Crippen molar-refractivity contribution in [3.63, 3.8) is 0 Å². The van der Waals surface area contributed by atoms with Crippen LogP contribution in [-0.2, 0) is 4.74 Å². The van der Waals surface area contributed by atoms with Gasteiger partial charge in [-0.3, -0.25) is 10.3 Å². The van der Waals surface area contributed by atoms with Crippen molar-refractivity contribution in [1.82, 2.24) is 9.97 Å². The number of aromatic nitrogens is 2. The Hall–Kier alpha value is -2.71. The minimum Gasteiger partial charge on any atom is -0.446 e. The predicted molar refractivity (Wildman–Crippen MR) is 127 cm³/mol. The number of fused-ring (bicyclic) bond motifs is 1. The first-order chi connectivity index (χ1) is 15.4. The Kier molecular flexibility index (Phi) is 5.51. The molecular formula is C24H28N4O3S. The van der Waals surface area contributed by atoms with Gasteiger partial charge in [0.2, 0.25) is 0 Å². The first kappa shape index (κ1) is 21.2. The molecule has 2 fully saturated rings. The number of benzene rings is 1. The molecule has 3 N–H and O–H groups in total. The van der Waals surface area contributed by atoms with E-state index in [-0.39, 0.29) is 6.10 Å². The number of hydrogen-bond donors (Lipinski definition) is 3. The molecule has 7 nitrogen and oxygen atoms in total. The summed E-state index contributed by atoms with van der Waals surface area (Å²) in [6.07, 6.45) is 7.71. The van der Waals surface area contributed by atoms with E-state index in [9.17, 15) is 9.90 Å². The Labute approximate surface area is 191 Å². The van der Waals surface area contributed by atoms with E-state index < -0.39 is 12.3 Å². The second-order valence-electron chi connectivity index (χ2n) is 9.11. The Bertz CT molecular complexity index is 1150. The van der Waals surface area contributed by atoms with E-state index in [4.69, 9.17) is 4.74 Å². The lowest BCUT2D eigenvalue weighted by molar-refractivity contribution is 0.0702. The highest BCUT2D eigenvalue weighted by Crippen LogP contribution is 2.56. The second kappa shape index (κ2) is 8.33. The summed E-state index contributed by atoms with van der Waals surface area (Å²) in [6, 6.07) is 7.91. The average Bonchev–Trinajstić information content (AvgIpc) is 3.39. The van der Waals surface area contributed by atoms with Gasteiger partial charge in [-0.25, -0.2) is 9.78 Å². The van der Waals surface area contributed by atoms with E-state index in [0.29, 0.717) is 16.2 Å². The summed E-state index contributed by atoms with van der Waals surface area (Å²) in [5.74, 6) is 0. The largest absolute Gasteiger partial charge is 0.446 e. The van der Waals surface area contributed by atoms with Crippen LogP contribution in [-0.4, -0.2) is 33.5 Å². The van der Waals surface area contributed by atoms with Crippen LogP contribution in [0.1, 0.15) is 51.1 Å². The Morgan fingerprint density at radius 3 is 2.72 bits per heavy atom. The molecule has 1 spiro atoms. The average molecular weight is 453 g/mol. The molecule has 1 aromatic carbocycles. The van der Waals surface area contributed by atoms with Gasteiger partial charge in [-0.05, 0) is 81.5 Å². The summed E-state index contributed by atoms with van der Waals surface area (Å²) >= 11 is 1.48. The molecule has 2 aliphatic carbocycles. The Morgan fingerprint density at radius 1 is 1.22 bits per heavy atom. The number of nitrogens with zero attached hydrogens (tertiary/aromatic N) is 2. The topological polar surface area (TPSA) is 96.4 Å². The van der Waals surface area contributed by atoms with Crippen LogP contribution < -0.4 is 10.6 Å². The van der Waals surface area contributed by atoms with Gasteiger partial charge in [0, 0.05) is 11.8 Å². The van der Waals surface area contributed by atoms with Crippen LogP contribution in [0.4, 0.5) is 15.6 Å². The van der Waals surface area contributed by atoms with E-state index in [0.717, 1.165) is 39.9 Å². The molecule has 1 unspecified atom stereocenters. The third-order valence-corrected chi connectivity index (χ3v) is 7.55. The number of nitrogens with one attached hydrogen (secondary N) is 2. The lowest BCUT2D eigenvalue weighted by Crippen LogP contribution is -2.27. The molecule has 8 heteroatoms. The molecule has 3 aromatic rings. The standard InChI is InChI=1S/C24H28N4O3S/c1-14-20(28-23(30)31-18-5-7-24(8-6-18)9-10-24)11-17(13-25-14)16-3-4-19-21(12-16)32-22(27-19)26-15(2)29/h3-4,11-13,15,18,29H,5-10H2,1-2H3,(H,26,27)(H,28,30). The zero-order valence-electron chi connectivity index (χ0n) is 18.4. The molecule has 0 radical (unpaired) electrons. The fourth-order valence-corrected chi connectivity index (χ4v) is 5.44. The van der Waals surface area contributed by atoms with E-state index in [1.807, 2.05) is 31.2 Å². The van der Waals surface area contributed by atoms with E-state index in [1.165, 1.54) is 37.0 Å². The van der Waals surface area contributed by atoms with Gasteiger partial charge in [0.05, 0.1) is 21.6 Å². The van der Waals surface area contributed by atoms with Crippen LogP contribution in [0, 0.1) is 12.3 Å². The smallest absolute Gasteiger partial charge is 0.411 e. The lowest BCUT2D eigenvalue weighted by Gasteiger charge is -2.28. The highest BCUT2D eigenvalue weighted by atomic mass is 32.1. The first-order valence-electron chi connectivity index (χ1n) is 11.2. The zero-order valence-corrected chi connectivity index (χ0v) is 19.2. The van der Waals surface area contributed by atoms with Crippen LogP contribution in [0.3, 0.4) is 0 Å². The molecule has 1 amide bonds. The van der Waals surface area contributed by atoms with Gasteiger partial charge in [-0.15, -0.1) is 0 Å². The summed E-state index contributed by atoms with van der Waals surface area (Å²) < 4.78 is 6.70. The van der Waals surface area contributed by atoms with Gasteiger partial charge in [-0.1, -0.05) is 17.4 Å². The summed E-state index contributed by atoms with van der Waals surface area (Å²) in [6.45, 7) is 3.53. The van der Waals surface area contributed by atoms with Gasteiger partial charge in [0.15, 0.2) is 5.13 Å². The van der Waals surface area contributed by atoms with Crippen LogP contribution in [0.15, 0.2) is 30.5 Å². The maximum Gasteiger partial charge on any atom is 0.411 e. The highest BCUT2D eigenvalue weighted by molar-refractivity contribution is 7.22. The summed E-state index contributed by atoms with van der Waals surface area (Å²) in [7, 11) is 0. The number of anilines is 2. The summed E-state index contributed by atoms with van der Waals surface area (Å²) in [4.78, 5) is 21.5. The van der Waals surface area contributed by atoms with Crippen LogP contribution in [0.2, 0.25) is 0 Å². The SMILES string of the molecule is Cc1ncc(-c2ccc3nc(NC(C)O)sc3c2)cc1NC(=O)OC1CCC2(CC1)CC2. The van der Waals surface area contributed by atoms with Crippen molar-refractivity contribution in [1.29, 1.82) is 0 Å². The maximum atomic E-state index is 12.5. The van der Waals surface area contributed by atoms with Crippen molar-refractivity contribution in [2.75, 3.05) is 10.6 Å². The molecule has 168 valence electrons. The minimum absolute atomic E-state index is 0.0100. The lowest BCUT2D eigenvalue weighted by atomic mass is 9.85. The van der Waals surface area contributed by atoms with Crippen LogP contribution >= 0.6 is 11.3 Å². The number of thiazole rings is 1. The minimum atomic E-state index is -0.659. The maximum absolute atomic E-state index is 12.5. The molecule has 0 aliphatic heterocycles. The molecule has 32 heavy (non-hydrogen) atoms. The molecule has 5 rings (SSSR count). The van der Waals surface area contributed by atoms with E-state index in [2.05, 4.69) is 20.6 Å². The number of amides is 1. The van der Waals surface area contributed by atoms with E-state index >= 15 is 0 Å². The molecule has 2 heterocycles. The number of ether oxygens (including phenoxy) is 1. The van der Waals surface area contributed by atoms with Crippen molar-refractivity contribution in [2.45, 2.75) is 64.7 Å². The monoisotopic (exact) mass is 452 g/mol. The number of carbonyl (C=O) groups excluding carboxylic acids is 1. The Morgan fingerprint density at radius 2 is 2.00 bits per heavy atom. The van der Waals surface area contributed by atoms with E-state index in [1.54, 1.807) is 13.1 Å². The molecule has 0 bridgehead atoms. The molecule has 0 saturated heterocycles. The van der Waals surface area contributed by atoms with Crippen molar-refractivity contribution < 1.29 is 14.6 Å². The quantitative estimate of drug-likeness (QED) is 0.431. The van der Waals surface area contributed by atoms with Gasteiger partial charge >= 0.3 is 6.09 Å². The first-order valence-corrected chi connectivity index (χ1v) is 12.0. The highest BCUT2D eigenvalue weighted by Gasteiger charge is 2.45. The number of pyridine rings is 1. The van der Waals surface area contributed by atoms with Gasteiger partial charge in [0.1, 0.15) is 12.3 Å². The third-order valence-electron chi connectivity index (χ3n) is 6.60. The molecule has 2 saturated carbocycles. The fraction of sp³-hybridized carbons (Fsp3) is 0.458. The van der Waals surface area contributed by atoms with Gasteiger partial charge in [-0.2, -0.15) is 0 Å². The van der Waals surface area contributed by atoms with Gasteiger partial charge in [0.25, 0.3) is 0 Å². The molecular weight excluding hydrogens is 424 g/mol. The molecule has 2 aliphatic rings. The predicted octanol–water partition coefficient (Wildman–Crippen LogP) is 5.69. The number of aliphatic hydroxyl groups excluding tert-OH is 1. The number of rotatable bonds is 5. The van der Waals surface area contributed by atoms with Crippen molar-refractivity contribution in [2.24, 2.45) is 5.41 Å². The summed E-state index contributed by atoms with van der Waals surface area (Å²) in [5.41, 5.74) is 4.73.